The Bertz CT molecular complexity index is 453. The number of aliphatic hydroxyl groups excluding tert-OH is 1. The maximum absolute atomic E-state index is 9.71. The fraction of sp³-hybridized carbons (Fsp3) is 0.308. The van der Waals surface area contributed by atoms with E-state index in [4.69, 9.17) is 4.74 Å². The lowest BCUT2D eigenvalue weighted by atomic mass is 10.2. The van der Waals surface area contributed by atoms with Crippen molar-refractivity contribution >= 4 is 0 Å². The van der Waals surface area contributed by atoms with Crippen LogP contribution in [0.1, 0.15) is 17.9 Å². The molecular formula is C13H16N2O2. The Morgan fingerprint density at radius 3 is 2.76 bits per heavy atom. The van der Waals surface area contributed by atoms with Crippen LogP contribution in [-0.4, -0.2) is 21.4 Å². The summed E-state index contributed by atoms with van der Waals surface area (Å²) in [6, 6.07) is 9.31. The number of hydrogen-bond acceptors (Lipinski definition) is 3. The van der Waals surface area contributed by atoms with E-state index in [-0.39, 0.29) is 0 Å². The molecule has 2 aromatic rings. The minimum absolute atomic E-state index is 0.538. The summed E-state index contributed by atoms with van der Waals surface area (Å²) in [5.41, 5.74) is 1.01. The molecule has 0 aliphatic carbocycles. The molecule has 1 aromatic carbocycles. The van der Waals surface area contributed by atoms with E-state index < -0.39 is 6.29 Å². The Labute approximate surface area is 100 Å². The van der Waals surface area contributed by atoms with E-state index in [9.17, 15) is 5.11 Å². The molecule has 0 saturated heterocycles. The second-order valence-electron chi connectivity index (χ2n) is 3.92. The number of aromatic nitrogens is 2. The van der Waals surface area contributed by atoms with Crippen LogP contribution in [-0.2, 0) is 6.42 Å². The van der Waals surface area contributed by atoms with E-state index in [0.717, 1.165) is 17.9 Å². The van der Waals surface area contributed by atoms with E-state index in [1.54, 1.807) is 6.20 Å². The number of benzene rings is 1. The first-order valence-corrected chi connectivity index (χ1v) is 5.64. The highest BCUT2D eigenvalue weighted by molar-refractivity contribution is 5.21. The van der Waals surface area contributed by atoms with Crippen LogP contribution < -0.4 is 4.74 Å². The second-order valence-corrected chi connectivity index (χ2v) is 3.92. The van der Waals surface area contributed by atoms with Crippen LogP contribution in [0.25, 0.3) is 0 Å². The lowest BCUT2D eigenvalue weighted by Gasteiger charge is -2.12. The van der Waals surface area contributed by atoms with Gasteiger partial charge in [0.05, 0.1) is 0 Å². The molecule has 0 aliphatic rings. The number of aromatic amines is 1. The van der Waals surface area contributed by atoms with Crippen LogP contribution in [0.2, 0.25) is 0 Å². The summed E-state index contributed by atoms with van der Waals surface area (Å²) >= 11 is 0. The fourth-order valence-corrected chi connectivity index (χ4v) is 1.59. The molecule has 2 rings (SSSR count). The highest BCUT2D eigenvalue weighted by Gasteiger charge is 2.07. The van der Waals surface area contributed by atoms with Crippen molar-refractivity contribution in [3.8, 4) is 5.75 Å². The molecule has 1 atom stereocenters. The topological polar surface area (TPSA) is 58.1 Å². The molecule has 0 bridgehead atoms. The summed E-state index contributed by atoms with van der Waals surface area (Å²) in [5.74, 6) is 1.57. The van der Waals surface area contributed by atoms with Gasteiger partial charge in [-0.3, -0.25) is 0 Å². The molecule has 1 heterocycles. The number of aryl methyl sites for hydroxylation is 2. The summed E-state index contributed by atoms with van der Waals surface area (Å²) < 4.78 is 5.36. The van der Waals surface area contributed by atoms with Gasteiger partial charge >= 0.3 is 0 Å². The Morgan fingerprint density at radius 1 is 1.35 bits per heavy atom. The number of hydrogen-bond donors (Lipinski definition) is 2. The molecule has 0 radical (unpaired) electrons. The molecule has 0 amide bonds. The number of para-hydroxylation sites is 1. The zero-order valence-corrected chi connectivity index (χ0v) is 9.76. The van der Waals surface area contributed by atoms with E-state index >= 15 is 0 Å². The van der Waals surface area contributed by atoms with Crippen molar-refractivity contribution in [3.05, 3.63) is 48.0 Å². The monoisotopic (exact) mass is 232 g/mol. The van der Waals surface area contributed by atoms with E-state index in [1.165, 1.54) is 0 Å². The maximum Gasteiger partial charge on any atom is 0.197 e. The van der Waals surface area contributed by atoms with Crippen molar-refractivity contribution in [1.29, 1.82) is 0 Å². The minimum Gasteiger partial charge on any atom is -0.465 e. The van der Waals surface area contributed by atoms with Gasteiger partial charge in [-0.25, -0.2) is 4.98 Å². The van der Waals surface area contributed by atoms with Gasteiger partial charge in [-0.05, 0) is 25.5 Å². The Hall–Kier alpha value is -1.81. The van der Waals surface area contributed by atoms with Crippen molar-refractivity contribution in [2.24, 2.45) is 0 Å². The molecule has 1 aromatic heterocycles. The smallest absolute Gasteiger partial charge is 0.197 e. The maximum atomic E-state index is 9.71. The molecule has 4 nitrogen and oxygen atoms in total. The third-order valence-electron chi connectivity index (χ3n) is 2.43. The van der Waals surface area contributed by atoms with Crippen molar-refractivity contribution < 1.29 is 9.84 Å². The first-order valence-electron chi connectivity index (χ1n) is 5.64. The van der Waals surface area contributed by atoms with Crippen LogP contribution in [0.4, 0.5) is 0 Å². The standard InChI is InChI=1S/C13H16N2O2/c1-10-14-9-11(15-10)7-8-13(16)17-12-5-3-2-4-6-12/h2-6,9,13,16H,7-8H2,1H3,(H,14,15). The molecule has 0 saturated carbocycles. The van der Waals surface area contributed by atoms with E-state index in [1.807, 2.05) is 37.3 Å². The summed E-state index contributed by atoms with van der Waals surface area (Å²) in [5, 5.41) is 9.71. The Morgan fingerprint density at radius 2 is 2.12 bits per heavy atom. The zero-order valence-electron chi connectivity index (χ0n) is 9.76. The van der Waals surface area contributed by atoms with Crippen molar-refractivity contribution in [1.82, 2.24) is 9.97 Å². The molecular weight excluding hydrogens is 216 g/mol. The lowest BCUT2D eigenvalue weighted by Crippen LogP contribution is -2.16. The van der Waals surface area contributed by atoms with Gasteiger partial charge in [0.2, 0.25) is 0 Å². The highest BCUT2D eigenvalue weighted by Crippen LogP contribution is 2.12. The average Bonchev–Trinajstić information content (AvgIpc) is 2.74. The predicted molar refractivity (Wildman–Crippen MR) is 64.7 cm³/mol. The molecule has 1 unspecified atom stereocenters. The van der Waals surface area contributed by atoms with Gasteiger partial charge in [0, 0.05) is 18.3 Å². The SMILES string of the molecule is Cc1ncc(CCC(O)Oc2ccccc2)[nH]1. The van der Waals surface area contributed by atoms with E-state index in [2.05, 4.69) is 9.97 Å². The largest absolute Gasteiger partial charge is 0.465 e. The fourth-order valence-electron chi connectivity index (χ4n) is 1.59. The highest BCUT2D eigenvalue weighted by atomic mass is 16.6. The first kappa shape index (κ1) is 11.7. The van der Waals surface area contributed by atoms with Crippen molar-refractivity contribution in [2.75, 3.05) is 0 Å². The molecule has 0 spiro atoms. The van der Waals surface area contributed by atoms with Crippen LogP contribution in [0.15, 0.2) is 36.5 Å². The normalized spacial score (nSPS) is 12.4. The molecule has 0 fully saturated rings. The molecule has 17 heavy (non-hydrogen) atoms. The first-order chi connectivity index (χ1) is 8.24. The lowest BCUT2D eigenvalue weighted by molar-refractivity contribution is -0.0227. The number of imidazole rings is 1. The van der Waals surface area contributed by atoms with Crippen LogP contribution in [0.3, 0.4) is 0 Å². The quantitative estimate of drug-likeness (QED) is 0.776. The third-order valence-corrected chi connectivity index (χ3v) is 2.43. The Kier molecular flexibility index (Phi) is 3.77. The molecule has 0 aliphatic heterocycles. The summed E-state index contributed by atoms with van der Waals surface area (Å²) in [6.07, 6.45) is 2.25. The minimum atomic E-state index is -0.791. The summed E-state index contributed by atoms with van der Waals surface area (Å²) in [7, 11) is 0. The predicted octanol–water partition coefficient (Wildman–Crippen LogP) is 2.05. The van der Waals surface area contributed by atoms with E-state index in [0.29, 0.717) is 12.2 Å². The zero-order chi connectivity index (χ0) is 12.1. The molecule has 2 N–H and O–H groups in total. The van der Waals surface area contributed by atoms with Gasteiger partial charge in [0.25, 0.3) is 0 Å². The van der Waals surface area contributed by atoms with Gasteiger partial charge in [0.15, 0.2) is 6.29 Å². The molecule has 90 valence electrons. The molecule has 4 heteroatoms. The van der Waals surface area contributed by atoms with Crippen LogP contribution >= 0.6 is 0 Å². The number of nitrogens with zero attached hydrogens (tertiary/aromatic N) is 1. The van der Waals surface area contributed by atoms with Gasteiger partial charge in [0.1, 0.15) is 11.6 Å². The number of aliphatic hydroxyl groups is 1. The van der Waals surface area contributed by atoms with Gasteiger partial charge in [-0.15, -0.1) is 0 Å². The average molecular weight is 232 g/mol. The third kappa shape index (κ3) is 3.60. The van der Waals surface area contributed by atoms with Crippen LogP contribution in [0.5, 0.6) is 5.75 Å². The number of ether oxygens (including phenoxy) is 1. The van der Waals surface area contributed by atoms with Gasteiger partial charge < -0.3 is 14.8 Å². The van der Waals surface area contributed by atoms with Crippen molar-refractivity contribution in [2.45, 2.75) is 26.1 Å². The summed E-state index contributed by atoms with van der Waals surface area (Å²) in [6.45, 7) is 1.90. The Balaban J connectivity index is 1.80. The van der Waals surface area contributed by atoms with Gasteiger partial charge in [-0.1, -0.05) is 18.2 Å². The second kappa shape index (κ2) is 5.50. The van der Waals surface area contributed by atoms with Gasteiger partial charge in [-0.2, -0.15) is 0 Å². The number of rotatable bonds is 5. The number of H-pyrrole nitrogens is 1. The number of nitrogens with one attached hydrogen (secondary N) is 1. The summed E-state index contributed by atoms with van der Waals surface area (Å²) in [4.78, 5) is 7.22. The van der Waals surface area contributed by atoms with Crippen LogP contribution in [0, 0.1) is 6.92 Å². The van der Waals surface area contributed by atoms with Crippen molar-refractivity contribution in [3.63, 3.8) is 0 Å².